The van der Waals surface area contributed by atoms with Gasteiger partial charge < -0.3 is 4.74 Å². The van der Waals surface area contributed by atoms with E-state index in [1.54, 1.807) is 14.0 Å². The van der Waals surface area contributed by atoms with Gasteiger partial charge in [0, 0.05) is 0 Å². The number of hydrogen-bond donors (Lipinski definition) is 0. The van der Waals surface area contributed by atoms with Gasteiger partial charge in [-0.3, -0.25) is 0 Å². The molecule has 0 fully saturated rings. The molecule has 1 nitrogen and oxygen atoms in total. The minimum atomic E-state index is 0.910. The summed E-state index contributed by atoms with van der Waals surface area (Å²) in [5, 5.41) is 2.62. The summed E-state index contributed by atoms with van der Waals surface area (Å²) in [5.41, 5.74) is 0. The van der Waals surface area contributed by atoms with E-state index >= 15 is 0 Å². The molecule has 3 aromatic rings. The average Bonchev–Trinajstić information content (AvgIpc) is 2.73. The van der Waals surface area contributed by atoms with Gasteiger partial charge in [-0.05, 0) is 29.8 Å². The molecule has 0 bridgehead atoms. The number of rotatable bonds is 1. The molecule has 0 amide bonds. The molecule has 3 aromatic carbocycles. The Balaban J connectivity index is 0. The monoisotopic (exact) mass is 336 g/mol. The van der Waals surface area contributed by atoms with Gasteiger partial charge in [-0.2, -0.15) is 0 Å². The van der Waals surface area contributed by atoms with Gasteiger partial charge in [0.25, 0.3) is 0 Å². The standard InChI is InChI=1S/C10H8.C7H8O.C3H4.2C2H6/c1-2-6-10-8-4-3-7-9(10)5-1;1-8-7-5-3-2-4-6-7;1-3-2;2*1-2/h1-8H;2-6H,1H3;1H,2H3;2*1-2H3. The van der Waals surface area contributed by atoms with Gasteiger partial charge in [0.05, 0.1) is 7.11 Å². The maximum Gasteiger partial charge on any atom is 0.118 e. The zero-order valence-corrected chi connectivity index (χ0v) is 16.5. The van der Waals surface area contributed by atoms with Crippen LogP contribution in [0.1, 0.15) is 34.6 Å². The Morgan fingerprint density at radius 2 is 0.920 bits per heavy atom. The zero-order valence-electron chi connectivity index (χ0n) is 16.5. The van der Waals surface area contributed by atoms with Gasteiger partial charge in [-0.15, -0.1) is 12.3 Å². The Labute approximate surface area is 154 Å². The predicted molar refractivity (Wildman–Crippen MR) is 114 cm³/mol. The topological polar surface area (TPSA) is 9.23 Å². The molecule has 0 heterocycles. The molecule has 0 aromatic heterocycles. The van der Waals surface area contributed by atoms with Crippen molar-refractivity contribution in [2.24, 2.45) is 0 Å². The lowest BCUT2D eigenvalue weighted by molar-refractivity contribution is 0.415. The maximum absolute atomic E-state index is 4.91. The highest BCUT2D eigenvalue weighted by atomic mass is 16.5. The van der Waals surface area contributed by atoms with E-state index in [1.807, 2.05) is 58.0 Å². The van der Waals surface area contributed by atoms with Crippen LogP contribution in [0.2, 0.25) is 0 Å². The first-order valence-corrected chi connectivity index (χ1v) is 8.72. The average molecular weight is 337 g/mol. The third kappa shape index (κ3) is 12.4. The second-order valence-electron chi connectivity index (χ2n) is 4.15. The third-order valence-electron chi connectivity index (χ3n) is 2.64. The van der Waals surface area contributed by atoms with Crippen LogP contribution in [0.5, 0.6) is 5.75 Å². The van der Waals surface area contributed by atoms with Gasteiger partial charge in [0.1, 0.15) is 5.75 Å². The van der Waals surface area contributed by atoms with Gasteiger partial charge in [-0.25, -0.2) is 0 Å². The van der Waals surface area contributed by atoms with E-state index in [0.29, 0.717) is 0 Å². The summed E-state index contributed by atoms with van der Waals surface area (Å²) >= 11 is 0. The Kier molecular flexibility index (Phi) is 19.0. The summed E-state index contributed by atoms with van der Waals surface area (Å²) in [5.74, 6) is 3.16. The molecule has 0 N–H and O–H groups in total. The fourth-order valence-corrected chi connectivity index (χ4v) is 1.69. The van der Waals surface area contributed by atoms with Crippen molar-refractivity contribution in [3.63, 3.8) is 0 Å². The molecule has 3 rings (SSSR count). The van der Waals surface area contributed by atoms with Crippen molar-refractivity contribution in [3.05, 3.63) is 78.9 Å². The minimum Gasteiger partial charge on any atom is -0.497 e. The van der Waals surface area contributed by atoms with Crippen LogP contribution in [0.4, 0.5) is 0 Å². The van der Waals surface area contributed by atoms with E-state index in [4.69, 9.17) is 4.74 Å². The number of methoxy groups -OCH3 is 1. The van der Waals surface area contributed by atoms with E-state index in [-0.39, 0.29) is 0 Å². The van der Waals surface area contributed by atoms with Crippen molar-refractivity contribution in [1.29, 1.82) is 0 Å². The number of ether oxygens (including phenoxy) is 1. The van der Waals surface area contributed by atoms with Crippen LogP contribution in [-0.4, -0.2) is 7.11 Å². The number of benzene rings is 3. The Bertz CT molecular complexity index is 601. The fraction of sp³-hybridized carbons (Fsp3) is 0.250. The number of para-hydroxylation sites is 1. The van der Waals surface area contributed by atoms with Crippen LogP contribution < -0.4 is 4.74 Å². The molecule has 1 heteroatoms. The van der Waals surface area contributed by atoms with Crippen molar-refractivity contribution in [1.82, 2.24) is 0 Å². The molecule has 0 saturated heterocycles. The molecule has 0 atom stereocenters. The molecule has 0 unspecified atom stereocenters. The molecule has 0 aliphatic heterocycles. The minimum absolute atomic E-state index is 0.910. The van der Waals surface area contributed by atoms with Gasteiger partial charge >= 0.3 is 0 Å². The number of fused-ring (bicyclic) bond motifs is 1. The van der Waals surface area contributed by atoms with Gasteiger partial charge in [0.15, 0.2) is 0 Å². The van der Waals surface area contributed by atoms with Crippen molar-refractivity contribution < 1.29 is 4.74 Å². The van der Waals surface area contributed by atoms with E-state index in [0.717, 1.165) is 5.75 Å². The Hall–Kier alpha value is -2.72. The second kappa shape index (κ2) is 19.3. The first-order chi connectivity index (χ1) is 12.3. The van der Waals surface area contributed by atoms with Crippen LogP contribution in [-0.2, 0) is 0 Å². The summed E-state index contributed by atoms with van der Waals surface area (Å²) in [6.07, 6.45) is 4.60. The van der Waals surface area contributed by atoms with Crippen molar-refractivity contribution in [3.8, 4) is 18.1 Å². The first-order valence-electron chi connectivity index (χ1n) is 8.72. The van der Waals surface area contributed by atoms with Crippen LogP contribution in [0, 0.1) is 12.3 Å². The molecular weight excluding hydrogens is 304 g/mol. The molecule has 0 aliphatic carbocycles. The van der Waals surface area contributed by atoms with Crippen LogP contribution in [0.3, 0.4) is 0 Å². The SMILES string of the molecule is C#CC.CC.CC.COc1ccccc1.c1ccc2ccccc2c1. The summed E-state index contributed by atoms with van der Waals surface area (Å²) in [6, 6.07) is 26.4. The molecule has 0 aliphatic rings. The largest absolute Gasteiger partial charge is 0.497 e. The highest BCUT2D eigenvalue weighted by molar-refractivity contribution is 5.81. The quantitative estimate of drug-likeness (QED) is 0.426. The number of terminal acetylenes is 1. The molecule has 134 valence electrons. The Morgan fingerprint density at radius 1 is 0.640 bits per heavy atom. The van der Waals surface area contributed by atoms with E-state index < -0.39 is 0 Å². The fourth-order valence-electron chi connectivity index (χ4n) is 1.69. The molecule has 25 heavy (non-hydrogen) atoms. The van der Waals surface area contributed by atoms with Crippen LogP contribution in [0.25, 0.3) is 10.8 Å². The third-order valence-corrected chi connectivity index (χ3v) is 2.64. The smallest absolute Gasteiger partial charge is 0.118 e. The molecular formula is C24H32O. The molecule has 0 spiro atoms. The van der Waals surface area contributed by atoms with Gasteiger partial charge in [0.2, 0.25) is 0 Å². The highest BCUT2D eigenvalue weighted by Gasteiger charge is 1.85. The van der Waals surface area contributed by atoms with Crippen molar-refractivity contribution >= 4 is 10.8 Å². The predicted octanol–water partition coefficient (Wildman–Crippen LogP) is 7.23. The van der Waals surface area contributed by atoms with Crippen LogP contribution >= 0.6 is 0 Å². The maximum atomic E-state index is 4.91. The summed E-state index contributed by atoms with van der Waals surface area (Å²) in [4.78, 5) is 0. The summed E-state index contributed by atoms with van der Waals surface area (Å²) in [6.45, 7) is 9.65. The van der Waals surface area contributed by atoms with Crippen LogP contribution in [0.15, 0.2) is 78.9 Å². The zero-order chi connectivity index (χ0) is 19.3. The molecule has 0 radical (unpaired) electrons. The van der Waals surface area contributed by atoms with E-state index in [1.165, 1.54) is 10.8 Å². The summed E-state index contributed by atoms with van der Waals surface area (Å²) < 4.78 is 4.91. The van der Waals surface area contributed by atoms with Crippen molar-refractivity contribution in [2.45, 2.75) is 34.6 Å². The normalized spacial score (nSPS) is 7.56. The molecule has 0 saturated carbocycles. The van der Waals surface area contributed by atoms with E-state index in [9.17, 15) is 0 Å². The van der Waals surface area contributed by atoms with E-state index in [2.05, 4.69) is 60.9 Å². The lowest BCUT2D eigenvalue weighted by Crippen LogP contribution is -1.78. The number of hydrogen-bond acceptors (Lipinski definition) is 1. The second-order valence-corrected chi connectivity index (χ2v) is 4.15. The lowest BCUT2D eigenvalue weighted by Gasteiger charge is -1.93. The van der Waals surface area contributed by atoms with Gasteiger partial charge in [-0.1, -0.05) is 94.4 Å². The van der Waals surface area contributed by atoms with Crippen molar-refractivity contribution in [2.75, 3.05) is 7.11 Å². The Morgan fingerprint density at radius 3 is 1.16 bits per heavy atom. The highest BCUT2D eigenvalue weighted by Crippen LogP contribution is 2.11. The first kappa shape index (κ1) is 24.5. The lowest BCUT2D eigenvalue weighted by atomic mass is 10.1. The summed E-state index contributed by atoms with van der Waals surface area (Å²) in [7, 11) is 1.66.